The fraction of sp³-hybridized carbons (Fsp3) is 0.333. The molecular weight excluding hydrogens is 408 g/mol. The summed E-state index contributed by atoms with van der Waals surface area (Å²) in [5.41, 5.74) is 2.31. The monoisotopic (exact) mass is 432 g/mol. The van der Waals surface area contributed by atoms with Gasteiger partial charge in [0.25, 0.3) is 5.91 Å². The van der Waals surface area contributed by atoms with Crippen LogP contribution >= 0.6 is 15.9 Å². The van der Waals surface area contributed by atoms with Crippen molar-refractivity contribution in [1.29, 1.82) is 0 Å². The number of rotatable bonds is 7. The number of hydrogen-bond acceptors (Lipinski definition) is 3. The van der Waals surface area contributed by atoms with Gasteiger partial charge in [-0.2, -0.15) is 0 Å². The molecule has 6 heteroatoms. The SMILES string of the molecule is CC(C)Oc1ccc(C(=O)Nc2ccc(CCC(=O)N(C)C)cc2)cc1Br. The Balaban J connectivity index is 1.97. The van der Waals surface area contributed by atoms with Crippen molar-refractivity contribution in [2.24, 2.45) is 0 Å². The van der Waals surface area contributed by atoms with Crippen LogP contribution in [-0.4, -0.2) is 36.9 Å². The van der Waals surface area contributed by atoms with Crippen LogP contribution < -0.4 is 10.1 Å². The molecule has 144 valence electrons. The molecule has 0 atom stereocenters. The first kappa shape index (κ1) is 21.0. The topological polar surface area (TPSA) is 58.6 Å². The van der Waals surface area contributed by atoms with Gasteiger partial charge in [-0.3, -0.25) is 9.59 Å². The number of halogens is 1. The number of carbonyl (C=O) groups excluding carboxylic acids is 2. The van der Waals surface area contributed by atoms with E-state index in [1.165, 1.54) is 0 Å². The molecule has 2 rings (SSSR count). The fourth-order valence-electron chi connectivity index (χ4n) is 2.42. The number of nitrogens with one attached hydrogen (secondary N) is 1. The van der Waals surface area contributed by atoms with Gasteiger partial charge in [0.15, 0.2) is 0 Å². The molecule has 0 bridgehead atoms. The van der Waals surface area contributed by atoms with E-state index in [4.69, 9.17) is 4.74 Å². The highest BCUT2D eigenvalue weighted by Gasteiger charge is 2.11. The van der Waals surface area contributed by atoms with Crippen LogP contribution in [0.3, 0.4) is 0 Å². The number of benzene rings is 2. The van der Waals surface area contributed by atoms with Crippen LogP contribution in [0.25, 0.3) is 0 Å². The Bertz CT molecular complexity index is 802. The summed E-state index contributed by atoms with van der Waals surface area (Å²) in [6.45, 7) is 3.90. The van der Waals surface area contributed by atoms with Crippen molar-refractivity contribution < 1.29 is 14.3 Å². The third-order valence-electron chi connectivity index (χ3n) is 3.89. The van der Waals surface area contributed by atoms with Crippen molar-refractivity contribution in [3.05, 3.63) is 58.1 Å². The summed E-state index contributed by atoms with van der Waals surface area (Å²) in [6.07, 6.45) is 1.21. The van der Waals surface area contributed by atoms with E-state index in [0.29, 0.717) is 29.8 Å². The molecule has 2 amide bonds. The standard InChI is InChI=1S/C21H25BrN2O3/c1-14(2)27-19-11-8-16(13-18(19)22)21(26)23-17-9-5-15(6-10-17)7-12-20(25)24(3)4/h5-6,8-11,13-14H,7,12H2,1-4H3,(H,23,26). The fourth-order valence-corrected chi connectivity index (χ4v) is 2.90. The number of carbonyl (C=O) groups is 2. The van der Waals surface area contributed by atoms with Crippen molar-refractivity contribution >= 4 is 33.4 Å². The minimum absolute atomic E-state index is 0.0625. The van der Waals surface area contributed by atoms with Gasteiger partial charge in [0, 0.05) is 31.8 Å². The maximum Gasteiger partial charge on any atom is 0.255 e. The van der Waals surface area contributed by atoms with E-state index >= 15 is 0 Å². The molecule has 5 nitrogen and oxygen atoms in total. The molecule has 0 fully saturated rings. The zero-order chi connectivity index (χ0) is 20.0. The second-order valence-corrected chi connectivity index (χ2v) is 7.61. The highest BCUT2D eigenvalue weighted by molar-refractivity contribution is 9.10. The number of anilines is 1. The number of ether oxygens (including phenoxy) is 1. The first-order valence-corrected chi connectivity index (χ1v) is 9.62. The Labute approximate surface area is 168 Å². The second kappa shape index (κ2) is 9.55. The van der Waals surface area contributed by atoms with E-state index in [1.54, 1.807) is 37.2 Å². The molecule has 0 aliphatic carbocycles. The quantitative estimate of drug-likeness (QED) is 0.699. The van der Waals surface area contributed by atoms with Gasteiger partial charge >= 0.3 is 0 Å². The lowest BCUT2D eigenvalue weighted by atomic mass is 10.1. The zero-order valence-corrected chi connectivity index (χ0v) is 17.7. The van der Waals surface area contributed by atoms with Crippen molar-refractivity contribution in [3.8, 4) is 5.75 Å². The van der Waals surface area contributed by atoms with Gasteiger partial charge in [0.1, 0.15) is 5.75 Å². The molecule has 27 heavy (non-hydrogen) atoms. The Kier molecular flexibility index (Phi) is 7.42. The minimum Gasteiger partial charge on any atom is -0.490 e. The zero-order valence-electron chi connectivity index (χ0n) is 16.1. The Morgan fingerprint density at radius 2 is 1.78 bits per heavy atom. The number of nitrogens with zero attached hydrogens (tertiary/aromatic N) is 1. The third kappa shape index (κ3) is 6.40. The van der Waals surface area contributed by atoms with Gasteiger partial charge in [0.05, 0.1) is 10.6 Å². The Morgan fingerprint density at radius 3 is 2.33 bits per heavy atom. The highest BCUT2D eigenvalue weighted by Crippen LogP contribution is 2.27. The lowest BCUT2D eigenvalue weighted by molar-refractivity contribution is -0.128. The average molecular weight is 433 g/mol. The van der Waals surface area contributed by atoms with E-state index in [0.717, 1.165) is 10.0 Å². The normalized spacial score (nSPS) is 10.6. The predicted octanol–water partition coefficient (Wildman–Crippen LogP) is 4.51. The van der Waals surface area contributed by atoms with Gasteiger partial charge < -0.3 is 15.0 Å². The second-order valence-electron chi connectivity index (χ2n) is 6.75. The molecule has 1 N–H and O–H groups in total. The van der Waals surface area contributed by atoms with Crippen LogP contribution in [0, 0.1) is 0 Å². The van der Waals surface area contributed by atoms with Gasteiger partial charge in [-0.15, -0.1) is 0 Å². The van der Waals surface area contributed by atoms with E-state index in [2.05, 4.69) is 21.2 Å². The van der Waals surface area contributed by atoms with Crippen LogP contribution in [0.2, 0.25) is 0 Å². The third-order valence-corrected chi connectivity index (χ3v) is 4.51. The molecule has 0 aromatic heterocycles. The van der Waals surface area contributed by atoms with Crippen molar-refractivity contribution in [2.75, 3.05) is 19.4 Å². The highest BCUT2D eigenvalue weighted by atomic mass is 79.9. The summed E-state index contributed by atoms with van der Waals surface area (Å²) in [6, 6.07) is 12.8. The summed E-state index contributed by atoms with van der Waals surface area (Å²) < 4.78 is 6.40. The molecule has 0 radical (unpaired) electrons. The van der Waals surface area contributed by atoms with Crippen LogP contribution in [0.1, 0.15) is 36.2 Å². The summed E-state index contributed by atoms with van der Waals surface area (Å²) in [4.78, 5) is 25.7. The Morgan fingerprint density at radius 1 is 1.11 bits per heavy atom. The summed E-state index contributed by atoms with van der Waals surface area (Å²) in [5, 5.41) is 2.88. The van der Waals surface area contributed by atoms with Gasteiger partial charge in [-0.05, 0) is 72.1 Å². The minimum atomic E-state index is -0.192. The van der Waals surface area contributed by atoms with E-state index in [-0.39, 0.29) is 17.9 Å². The lowest BCUT2D eigenvalue weighted by Gasteiger charge is -2.13. The molecule has 0 heterocycles. The first-order valence-electron chi connectivity index (χ1n) is 8.83. The first-order chi connectivity index (χ1) is 12.8. The summed E-state index contributed by atoms with van der Waals surface area (Å²) in [5.74, 6) is 0.614. The van der Waals surface area contributed by atoms with Crippen LogP contribution in [0.5, 0.6) is 5.75 Å². The number of aryl methyl sites for hydroxylation is 1. The van der Waals surface area contributed by atoms with Gasteiger partial charge in [0.2, 0.25) is 5.91 Å². The number of amides is 2. The van der Waals surface area contributed by atoms with Crippen molar-refractivity contribution in [3.63, 3.8) is 0 Å². The largest absolute Gasteiger partial charge is 0.490 e. The van der Waals surface area contributed by atoms with Gasteiger partial charge in [-0.1, -0.05) is 12.1 Å². The molecule has 0 spiro atoms. The van der Waals surface area contributed by atoms with E-state index in [9.17, 15) is 9.59 Å². The molecule has 2 aromatic rings. The van der Waals surface area contributed by atoms with Crippen LogP contribution in [-0.2, 0) is 11.2 Å². The molecular formula is C21H25BrN2O3. The van der Waals surface area contributed by atoms with Crippen molar-refractivity contribution in [1.82, 2.24) is 4.90 Å². The average Bonchev–Trinajstić information content (AvgIpc) is 2.62. The number of hydrogen-bond donors (Lipinski definition) is 1. The molecule has 0 aliphatic rings. The van der Waals surface area contributed by atoms with Crippen LogP contribution in [0.4, 0.5) is 5.69 Å². The maximum absolute atomic E-state index is 12.5. The van der Waals surface area contributed by atoms with Crippen molar-refractivity contribution in [2.45, 2.75) is 32.8 Å². The van der Waals surface area contributed by atoms with Gasteiger partial charge in [-0.25, -0.2) is 0 Å². The van der Waals surface area contributed by atoms with Crippen LogP contribution in [0.15, 0.2) is 46.9 Å². The molecule has 0 saturated carbocycles. The molecule has 0 aliphatic heterocycles. The summed E-state index contributed by atoms with van der Waals surface area (Å²) >= 11 is 3.44. The molecule has 2 aromatic carbocycles. The van der Waals surface area contributed by atoms with E-state index in [1.807, 2.05) is 38.1 Å². The molecule has 0 unspecified atom stereocenters. The smallest absolute Gasteiger partial charge is 0.255 e. The predicted molar refractivity (Wildman–Crippen MR) is 111 cm³/mol. The molecule has 0 saturated heterocycles. The lowest BCUT2D eigenvalue weighted by Crippen LogP contribution is -2.21. The summed E-state index contributed by atoms with van der Waals surface area (Å²) in [7, 11) is 3.50. The Hall–Kier alpha value is -2.34. The maximum atomic E-state index is 12.5. The van der Waals surface area contributed by atoms with E-state index < -0.39 is 0 Å².